The number of carbonyl (C=O) groups excluding carboxylic acids is 1. The highest BCUT2D eigenvalue weighted by Gasteiger charge is 2.10. The van der Waals surface area contributed by atoms with Crippen LogP contribution in [0.15, 0.2) is 24.3 Å². The van der Waals surface area contributed by atoms with Crippen molar-refractivity contribution in [1.82, 2.24) is 0 Å². The van der Waals surface area contributed by atoms with Gasteiger partial charge in [-0.2, -0.15) is 0 Å². The van der Waals surface area contributed by atoms with E-state index in [1.54, 1.807) is 6.92 Å². The number of benzene rings is 1. The molecule has 0 saturated carbocycles. The zero-order valence-electron chi connectivity index (χ0n) is 12.5. The normalized spacial score (nSPS) is 11.7. The van der Waals surface area contributed by atoms with Gasteiger partial charge in [-0.15, -0.1) is 12.3 Å². The Labute approximate surface area is 122 Å². The lowest BCUT2D eigenvalue weighted by Gasteiger charge is -2.10. The maximum absolute atomic E-state index is 11.8. The quantitative estimate of drug-likeness (QED) is 0.399. The van der Waals surface area contributed by atoms with Crippen LogP contribution in [0, 0.1) is 12.3 Å². The number of unbranched alkanes of at least 4 members (excludes halogenated alkanes) is 3. The van der Waals surface area contributed by atoms with Crippen LogP contribution in [0.25, 0.3) is 0 Å². The van der Waals surface area contributed by atoms with E-state index in [0.717, 1.165) is 6.42 Å². The molecule has 108 valence electrons. The summed E-state index contributed by atoms with van der Waals surface area (Å²) in [7, 11) is 0. The Morgan fingerprint density at radius 2 is 1.95 bits per heavy atom. The zero-order valence-corrected chi connectivity index (χ0v) is 12.5. The predicted octanol–water partition coefficient (Wildman–Crippen LogP) is 4.38. The zero-order chi connectivity index (χ0) is 14.8. The van der Waals surface area contributed by atoms with Crippen LogP contribution in [-0.4, -0.2) is 12.1 Å². The van der Waals surface area contributed by atoms with Gasteiger partial charge in [-0.05, 0) is 37.5 Å². The fraction of sp³-hybridized carbons (Fsp3) is 0.500. The second-order valence-electron chi connectivity index (χ2n) is 5.13. The molecule has 0 aliphatic heterocycles. The average molecular weight is 272 g/mol. The Morgan fingerprint density at radius 1 is 1.25 bits per heavy atom. The van der Waals surface area contributed by atoms with E-state index in [0.29, 0.717) is 12.0 Å². The Kier molecular flexibility index (Phi) is 7.50. The number of esters is 1. The maximum atomic E-state index is 11.8. The standard InChI is InChI=1S/C18H24O2/c1-4-6-7-8-10-16-11-13-17(14-12-16)18(19)20-15(3)9-5-2/h2,11-15H,4,6-10H2,1,3H3. The van der Waals surface area contributed by atoms with Crippen molar-refractivity contribution in [2.45, 2.75) is 58.5 Å². The summed E-state index contributed by atoms with van der Waals surface area (Å²) in [6.45, 7) is 4.02. The number of ether oxygens (including phenoxy) is 1. The van der Waals surface area contributed by atoms with Crippen LogP contribution < -0.4 is 0 Å². The van der Waals surface area contributed by atoms with Gasteiger partial charge >= 0.3 is 5.97 Å². The van der Waals surface area contributed by atoms with Crippen molar-refractivity contribution >= 4 is 5.97 Å². The SMILES string of the molecule is C#CCC(C)OC(=O)c1ccc(CCCCCC)cc1. The van der Waals surface area contributed by atoms with E-state index in [4.69, 9.17) is 11.2 Å². The summed E-state index contributed by atoms with van der Waals surface area (Å²) in [4.78, 5) is 11.8. The monoisotopic (exact) mass is 272 g/mol. The molecule has 0 spiro atoms. The molecule has 1 atom stereocenters. The molecule has 0 radical (unpaired) electrons. The van der Waals surface area contributed by atoms with Crippen molar-refractivity contribution < 1.29 is 9.53 Å². The van der Waals surface area contributed by atoms with E-state index in [-0.39, 0.29) is 12.1 Å². The first-order valence-electron chi connectivity index (χ1n) is 7.40. The fourth-order valence-electron chi connectivity index (χ4n) is 2.02. The van der Waals surface area contributed by atoms with Gasteiger partial charge in [0.25, 0.3) is 0 Å². The number of aryl methyl sites for hydroxylation is 1. The third kappa shape index (κ3) is 5.93. The lowest BCUT2D eigenvalue weighted by molar-refractivity contribution is 0.0352. The van der Waals surface area contributed by atoms with Crippen molar-refractivity contribution in [2.75, 3.05) is 0 Å². The predicted molar refractivity (Wildman–Crippen MR) is 82.6 cm³/mol. The van der Waals surface area contributed by atoms with E-state index < -0.39 is 0 Å². The molecule has 0 aliphatic rings. The minimum absolute atomic E-state index is 0.235. The van der Waals surface area contributed by atoms with Crippen LogP contribution in [0.2, 0.25) is 0 Å². The molecule has 2 nitrogen and oxygen atoms in total. The van der Waals surface area contributed by atoms with Gasteiger partial charge in [-0.25, -0.2) is 4.79 Å². The lowest BCUT2D eigenvalue weighted by Crippen LogP contribution is -2.14. The number of hydrogen-bond donors (Lipinski definition) is 0. The van der Waals surface area contributed by atoms with E-state index >= 15 is 0 Å². The van der Waals surface area contributed by atoms with Crippen molar-refractivity contribution in [3.8, 4) is 12.3 Å². The first-order chi connectivity index (χ1) is 9.67. The summed E-state index contributed by atoms with van der Waals surface area (Å²) in [5, 5.41) is 0. The second kappa shape index (κ2) is 9.20. The summed E-state index contributed by atoms with van der Waals surface area (Å²) in [5.74, 6) is 2.19. The Balaban J connectivity index is 2.45. The van der Waals surface area contributed by atoms with Crippen molar-refractivity contribution in [3.05, 3.63) is 35.4 Å². The molecular weight excluding hydrogens is 248 g/mol. The minimum atomic E-state index is -0.301. The van der Waals surface area contributed by atoms with Crippen LogP contribution in [-0.2, 0) is 11.2 Å². The molecule has 0 saturated heterocycles. The van der Waals surface area contributed by atoms with Gasteiger partial charge in [0.15, 0.2) is 0 Å². The first kappa shape index (κ1) is 16.3. The second-order valence-corrected chi connectivity index (χ2v) is 5.13. The Bertz CT molecular complexity index is 439. The van der Waals surface area contributed by atoms with Crippen molar-refractivity contribution in [3.63, 3.8) is 0 Å². The van der Waals surface area contributed by atoms with Crippen molar-refractivity contribution in [1.29, 1.82) is 0 Å². The molecule has 1 rings (SSSR count). The van der Waals surface area contributed by atoms with E-state index in [9.17, 15) is 4.79 Å². The van der Waals surface area contributed by atoms with Crippen LogP contribution >= 0.6 is 0 Å². The number of rotatable bonds is 8. The summed E-state index contributed by atoms with van der Waals surface area (Å²) in [6.07, 6.45) is 11.5. The first-order valence-corrected chi connectivity index (χ1v) is 7.40. The smallest absolute Gasteiger partial charge is 0.338 e. The third-order valence-electron chi connectivity index (χ3n) is 3.22. The van der Waals surface area contributed by atoms with Crippen LogP contribution in [0.5, 0.6) is 0 Å². The Hall–Kier alpha value is -1.75. The highest BCUT2D eigenvalue weighted by molar-refractivity contribution is 5.89. The van der Waals surface area contributed by atoms with Crippen LogP contribution in [0.3, 0.4) is 0 Å². The fourth-order valence-corrected chi connectivity index (χ4v) is 2.02. The molecule has 0 aliphatic carbocycles. The maximum Gasteiger partial charge on any atom is 0.338 e. The molecule has 0 amide bonds. The van der Waals surface area contributed by atoms with E-state index in [1.807, 2.05) is 24.3 Å². The van der Waals surface area contributed by atoms with Gasteiger partial charge in [0, 0.05) is 6.42 Å². The van der Waals surface area contributed by atoms with Gasteiger partial charge in [-0.3, -0.25) is 0 Å². The van der Waals surface area contributed by atoms with E-state index in [1.165, 1.54) is 31.2 Å². The molecule has 0 heterocycles. The molecule has 0 fully saturated rings. The van der Waals surface area contributed by atoms with Gasteiger partial charge in [0.1, 0.15) is 6.10 Å². The summed E-state index contributed by atoms with van der Waals surface area (Å²) >= 11 is 0. The van der Waals surface area contributed by atoms with Gasteiger partial charge in [0.2, 0.25) is 0 Å². The molecular formula is C18H24O2. The molecule has 0 N–H and O–H groups in total. The van der Waals surface area contributed by atoms with E-state index in [2.05, 4.69) is 12.8 Å². The Morgan fingerprint density at radius 3 is 2.55 bits per heavy atom. The van der Waals surface area contributed by atoms with Gasteiger partial charge < -0.3 is 4.74 Å². The largest absolute Gasteiger partial charge is 0.458 e. The summed E-state index contributed by atoms with van der Waals surface area (Å²) in [5.41, 5.74) is 1.86. The molecule has 20 heavy (non-hydrogen) atoms. The summed E-state index contributed by atoms with van der Waals surface area (Å²) in [6, 6.07) is 7.68. The molecule has 0 bridgehead atoms. The summed E-state index contributed by atoms with van der Waals surface area (Å²) < 4.78 is 5.25. The highest BCUT2D eigenvalue weighted by Crippen LogP contribution is 2.11. The lowest BCUT2D eigenvalue weighted by atomic mass is 10.0. The number of terminal acetylenes is 1. The van der Waals surface area contributed by atoms with Crippen LogP contribution in [0.1, 0.15) is 61.9 Å². The molecule has 2 heteroatoms. The molecule has 1 unspecified atom stereocenters. The third-order valence-corrected chi connectivity index (χ3v) is 3.22. The number of carbonyl (C=O) groups is 1. The molecule has 1 aromatic carbocycles. The topological polar surface area (TPSA) is 26.3 Å². The molecule has 1 aromatic rings. The van der Waals surface area contributed by atoms with Crippen LogP contribution in [0.4, 0.5) is 0 Å². The minimum Gasteiger partial charge on any atom is -0.458 e. The average Bonchev–Trinajstić information content (AvgIpc) is 2.44. The van der Waals surface area contributed by atoms with Gasteiger partial charge in [-0.1, -0.05) is 38.3 Å². The van der Waals surface area contributed by atoms with Crippen molar-refractivity contribution in [2.24, 2.45) is 0 Å². The highest BCUT2D eigenvalue weighted by atomic mass is 16.5. The van der Waals surface area contributed by atoms with Gasteiger partial charge in [0.05, 0.1) is 5.56 Å². The molecule has 0 aromatic heterocycles. The number of hydrogen-bond acceptors (Lipinski definition) is 2.